The number of amides is 2. The Morgan fingerprint density at radius 3 is 2.65 bits per heavy atom. The average Bonchev–Trinajstić information content (AvgIpc) is 3.50. The summed E-state index contributed by atoms with van der Waals surface area (Å²) in [4.78, 5) is 40.2. The van der Waals surface area contributed by atoms with Crippen molar-refractivity contribution in [3.05, 3.63) is 81.7 Å². The van der Waals surface area contributed by atoms with Crippen LogP contribution in [0.2, 0.25) is 10.0 Å². The van der Waals surface area contributed by atoms with Crippen LogP contribution in [0.25, 0.3) is 22.5 Å². The minimum atomic E-state index is -0.478. The lowest BCUT2D eigenvalue weighted by Gasteiger charge is -2.17. The van der Waals surface area contributed by atoms with E-state index in [1.54, 1.807) is 49.8 Å². The number of aliphatic hydroxyl groups is 1. The van der Waals surface area contributed by atoms with E-state index in [0.717, 1.165) is 17.5 Å². The summed E-state index contributed by atoms with van der Waals surface area (Å²) in [6.07, 6.45) is 4.57. The number of carbonyl (C=O) groups is 2. The van der Waals surface area contributed by atoms with Crippen molar-refractivity contribution in [2.45, 2.75) is 32.0 Å². The number of benzene rings is 1. The minimum Gasteiger partial charge on any atom is -0.496 e. The smallest absolute Gasteiger partial charge is 0.274 e. The summed E-state index contributed by atoms with van der Waals surface area (Å²) in [5, 5.41) is 18.9. The van der Waals surface area contributed by atoms with Gasteiger partial charge in [0.2, 0.25) is 11.8 Å². The van der Waals surface area contributed by atoms with E-state index in [2.05, 4.69) is 25.9 Å². The average molecular weight is 695 g/mol. The fourth-order valence-electron chi connectivity index (χ4n) is 5.41. The van der Waals surface area contributed by atoms with Crippen molar-refractivity contribution >= 4 is 40.7 Å². The molecule has 252 valence electrons. The molecule has 2 amide bonds. The Kier molecular flexibility index (Phi) is 11.8. The lowest BCUT2D eigenvalue weighted by Crippen LogP contribution is -2.35. The van der Waals surface area contributed by atoms with Crippen LogP contribution in [0.4, 0.5) is 5.69 Å². The van der Waals surface area contributed by atoms with Gasteiger partial charge in [-0.25, -0.2) is 4.98 Å². The fourth-order valence-corrected chi connectivity index (χ4v) is 5.98. The Morgan fingerprint density at radius 2 is 1.92 bits per heavy atom. The Hall–Kier alpha value is -4.33. The van der Waals surface area contributed by atoms with Crippen molar-refractivity contribution in [3.63, 3.8) is 0 Å². The van der Waals surface area contributed by atoms with Crippen LogP contribution < -0.4 is 25.4 Å². The number of halogens is 2. The fraction of sp³-hybridized carbons (Fsp3) is 0.324. The molecule has 48 heavy (non-hydrogen) atoms. The number of nitrogens with one attached hydrogen (secondary N) is 3. The molecular weight excluding hydrogens is 657 g/mol. The Bertz CT molecular complexity index is 1790. The number of carbonyl (C=O) groups excluding carboxylic acids is 2. The van der Waals surface area contributed by atoms with Gasteiger partial charge in [0, 0.05) is 79.4 Å². The molecule has 1 aromatic carbocycles. The van der Waals surface area contributed by atoms with Crippen LogP contribution in [0, 0.1) is 0 Å². The third-order valence-corrected chi connectivity index (χ3v) is 8.70. The monoisotopic (exact) mass is 693 g/mol. The second-order valence-electron chi connectivity index (χ2n) is 11.3. The van der Waals surface area contributed by atoms with Gasteiger partial charge in [-0.1, -0.05) is 41.4 Å². The van der Waals surface area contributed by atoms with Gasteiger partial charge in [0.25, 0.3) is 5.91 Å². The number of rotatable bonds is 14. The topological polar surface area (TPSA) is 151 Å². The first-order chi connectivity index (χ1) is 23.2. The highest BCUT2D eigenvalue weighted by Crippen LogP contribution is 2.40. The number of likely N-dealkylation sites (N-methyl/N-ethyl adjacent to an activating group) is 1. The van der Waals surface area contributed by atoms with Crippen LogP contribution in [-0.2, 0) is 17.9 Å². The lowest BCUT2D eigenvalue weighted by atomic mass is 10.1. The maximum absolute atomic E-state index is 13.2. The van der Waals surface area contributed by atoms with Crippen LogP contribution in [0.15, 0.2) is 54.9 Å². The number of aromatic nitrogens is 3. The first-order valence-corrected chi connectivity index (χ1v) is 16.1. The van der Waals surface area contributed by atoms with Gasteiger partial charge in [0.15, 0.2) is 0 Å². The van der Waals surface area contributed by atoms with E-state index in [9.17, 15) is 14.7 Å². The van der Waals surface area contributed by atoms with E-state index in [1.165, 1.54) is 7.11 Å². The van der Waals surface area contributed by atoms with Crippen molar-refractivity contribution in [1.82, 2.24) is 30.5 Å². The summed E-state index contributed by atoms with van der Waals surface area (Å²) in [6.45, 7) is 2.17. The van der Waals surface area contributed by atoms with Crippen molar-refractivity contribution in [2.24, 2.45) is 0 Å². The Balaban J connectivity index is 1.34. The SMILES string of the molecule is COc1cc(C(=O)Nc2cccc(-c3nccc(-c4ccc(CNC[C@H]5CCC(=O)N5)c(OC)n4)c3Cl)c2Cl)ncc1CN(C)CCO. The maximum Gasteiger partial charge on any atom is 0.274 e. The van der Waals surface area contributed by atoms with Gasteiger partial charge in [-0.15, -0.1) is 0 Å². The maximum atomic E-state index is 13.2. The van der Waals surface area contributed by atoms with E-state index in [-0.39, 0.29) is 29.3 Å². The second-order valence-corrected chi connectivity index (χ2v) is 12.0. The number of methoxy groups -OCH3 is 2. The Labute approximate surface area is 288 Å². The van der Waals surface area contributed by atoms with Crippen LogP contribution in [0.1, 0.15) is 34.5 Å². The molecule has 1 saturated heterocycles. The van der Waals surface area contributed by atoms with Crippen LogP contribution in [0.5, 0.6) is 11.6 Å². The molecule has 0 saturated carbocycles. The molecule has 0 unspecified atom stereocenters. The molecule has 0 bridgehead atoms. The Morgan fingerprint density at radius 1 is 1.08 bits per heavy atom. The number of aliphatic hydroxyl groups excluding tert-OH is 1. The van der Waals surface area contributed by atoms with Crippen molar-refractivity contribution < 1.29 is 24.2 Å². The highest BCUT2D eigenvalue weighted by Gasteiger charge is 2.22. The molecule has 4 aromatic rings. The van der Waals surface area contributed by atoms with Crippen molar-refractivity contribution in [3.8, 4) is 34.1 Å². The molecule has 0 spiro atoms. The molecular formula is C34H37Cl2N7O5. The summed E-state index contributed by atoms with van der Waals surface area (Å²) < 4.78 is 11.1. The first kappa shape index (κ1) is 35.0. The molecule has 14 heteroatoms. The highest BCUT2D eigenvalue weighted by molar-refractivity contribution is 6.39. The van der Waals surface area contributed by atoms with Gasteiger partial charge < -0.3 is 30.5 Å². The third kappa shape index (κ3) is 8.20. The van der Waals surface area contributed by atoms with E-state index >= 15 is 0 Å². The van der Waals surface area contributed by atoms with E-state index in [0.29, 0.717) is 77.5 Å². The third-order valence-electron chi connectivity index (χ3n) is 7.91. The second kappa shape index (κ2) is 16.2. The van der Waals surface area contributed by atoms with Gasteiger partial charge in [-0.2, -0.15) is 0 Å². The molecule has 0 radical (unpaired) electrons. The normalized spacial score (nSPS) is 14.2. The molecule has 4 N–H and O–H groups in total. The number of anilines is 1. The molecule has 5 rings (SSSR count). The summed E-state index contributed by atoms with van der Waals surface area (Å²) in [6, 6.07) is 12.4. The molecule has 1 aliphatic heterocycles. The van der Waals surface area contributed by atoms with E-state index in [4.69, 9.17) is 37.7 Å². The molecule has 0 aliphatic carbocycles. The zero-order valence-corrected chi connectivity index (χ0v) is 28.4. The van der Waals surface area contributed by atoms with E-state index in [1.807, 2.05) is 24.1 Å². The van der Waals surface area contributed by atoms with Gasteiger partial charge in [0.1, 0.15) is 11.4 Å². The summed E-state index contributed by atoms with van der Waals surface area (Å²) >= 11 is 13.8. The molecule has 1 aliphatic rings. The first-order valence-electron chi connectivity index (χ1n) is 15.3. The molecule has 1 fully saturated rings. The zero-order valence-electron chi connectivity index (χ0n) is 26.8. The zero-order chi connectivity index (χ0) is 34.2. The van der Waals surface area contributed by atoms with Crippen LogP contribution in [0.3, 0.4) is 0 Å². The standard InChI is InChI=1S/C34H37Cl2N7O5/c1-43(13-14-44)19-21-17-39-27(15-28(21)47-2)33(46)41-26-6-4-5-24(30(26)35)32-31(36)23(11-12-38-32)25-9-7-20(34(42-25)48-3)16-37-18-22-8-10-29(45)40-22/h4-7,9,11-12,15,17,22,37,44H,8,10,13-14,16,18-19H2,1-3H3,(H,40,45)(H,41,46)/t22-/m1/s1. The number of ether oxygens (including phenoxy) is 2. The molecule has 12 nitrogen and oxygen atoms in total. The van der Waals surface area contributed by atoms with Gasteiger partial charge in [-0.3, -0.25) is 24.5 Å². The van der Waals surface area contributed by atoms with Gasteiger partial charge in [-0.05, 0) is 31.7 Å². The minimum absolute atomic E-state index is 0.0268. The van der Waals surface area contributed by atoms with Gasteiger partial charge >= 0.3 is 0 Å². The molecule has 4 heterocycles. The summed E-state index contributed by atoms with van der Waals surface area (Å²) in [7, 11) is 4.95. The quantitative estimate of drug-likeness (QED) is 0.148. The molecule has 1 atom stereocenters. The van der Waals surface area contributed by atoms with Crippen LogP contribution >= 0.6 is 23.2 Å². The predicted octanol–water partition coefficient (Wildman–Crippen LogP) is 4.57. The predicted molar refractivity (Wildman–Crippen MR) is 185 cm³/mol. The van der Waals surface area contributed by atoms with Gasteiger partial charge in [0.05, 0.1) is 47.9 Å². The summed E-state index contributed by atoms with van der Waals surface area (Å²) in [5.74, 6) is 0.551. The van der Waals surface area contributed by atoms with E-state index < -0.39 is 5.91 Å². The number of hydrogen-bond donors (Lipinski definition) is 4. The van der Waals surface area contributed by atoms with Crippen LogP contribution in [-0.4, -0.2) is 83.8 Å². The highest BCUT2D eigenvalue weighted by atomic mass is 35.5. The van der Waals surface area contributed by atoms with Crippen molar-refractivity contribution in [2.75, 3.05) is 46.3 Å². The molecule has 3 aromatic heterocycles. The summed E-state index contributed by atoms with van der Waals surface area (Å²) in [5.41, 5.74) is 4.27. The number of hydrogen-bond acceptors (Lipinski definition) is 10. The number of nitrogens with zero attached hydrogens (tertiary/aromatic N) is 4. The number of pyridine rings is 3. The van der Waals surface area contributed by atoms with Crippen molar-refractivity contribution in [1.29, 1.82) is 0 Å². The largest absolute Gasteiger partial charge is 0.496 e. The lowest BCUT2D eigenvalue weighted by molar-refractivity contribution is -0.119.